The average Bonchev–Trinajstić information content (AvgIpc) is 2.64. The number of carbonyl (C=O) groups excluding carboxylic acids is 1. The van der Waals surface area contributed by atoms with Gasteiger partial charge in [0, 0.05) is 11.6 Å². The molecule has 2 aromatic rings. The largest absolute Gasteiger partial charge is 0.497 e. The Balaban J connectivity index is 0.00000225. The van der Waals surface area contributed by atoms with Gasteiger partial charge in [0.25, 0.3) is 5.91 Å². The summed E-state index contributed by atoms with van der Waals surface area (Å²) in [7, 11) is 1.58. The third-order valence-corrected chi connectivity index (χ3v) is 6.80. The van der Waals surface area contributed by atoms with Gasteiger partial charge in [-0.15, -0.1) is 35.9 Å². The molecule has 0 spiro atoms. The first kappa shape index (κ1) is 19.8. The van der Waals surface area contributed by atoms with E-state index in [0.717, 1.165) is 0 Å². The van der Waals surface area contributed by atoms with Crippen LogP contribution >= 0.6 is 35.9 Å². The van der Waals surface area contributed by atoms with Crippen molar-refractivity contribution in [2.24, 2.45) is 0 Å². The molecule has 0 radical (unpaired) electrons. The van der Waals surface area contributed by atoms with Crippen LogP contribution in [0.4, 0.5) is 11.4 Å². The molecule has 134 valence electrons. The maximum atomic E-state index is 12.4. The third-order valence-electron chi connectivity index (χ3n) is 3.78. The first-order valence-electron chi connectivity index (χ1n) is 7.75. The zero-order valence-corrected chi connectivity index (χ0v) is 16.3. The van der Waals surface area contributed by atoms with Crippen molar-refractivity contribution >= 4 is 53.2 Å². The van der Waals surface area contributed by atoms with Crippen LogP contribution < -0.4 is 15.8 Å². The molecule has 1 aliphatic heterocycles. The molecule has 0 aliphatic carbocycles. The molecule has 25 heavy (non-hydrogen) atoms. The molecule has 7 heteroatoms. The van der Waals surface area contributed by atoms with Crippen LogP contribution in [-0.2, 0) is 0 Å². The van der Waals surface area contributed by atoms with Gasteiger partial charge in [-0.2, -0.15) is 0 Å². The van der Waals surface area contributed by atoms with Crippen LogP contribution in [0, 0.1) is 0 Å². The molecule has 1 saturated heterocycles. The topological polar surface area (TPSA) is 64.3 Å². The van der Waals surface area contributed by atoms with Crippen LogP contribution in [0.5, 0.6) is 5.75 Å². The van der Waals surface area contributed by atoms with Gasteiger partial charge >= 0.3 is 0 Å². The number of nitrogens with two attached hydrogens (primary N) is 1. The Morgan fingerprint density at radius 3 is 2.48 bits per heavy atom. The van der Waals surface area contributed by atoms with Crippen molar-refractivity contribution in [1.29, 1.82) is 0 Å². The molecule has 1 heterocycles. The van der Waals surface area contributed by atoms with Gasteiger partial charge in [-0.25, -0.2) is 0 Å². The third kappa shape index (κ3) is 5.00. The van der Waals surface area contributed by atoms with Crippen molar-refractivity contribution in [3.05, 3.63) is 53.6 Å². The average molecular weight is 397 g/mol. The van der Waals surface area contributed by atoms with Crippen LogP contribution in [0.2, 0.25) is 0 Å². The Kier molecular flexibility index (Phi) is 7.35. The van der Waals surface area contributed by atoms with Crippen LogP contribution in [0.15, 0.2) is 42.5 Å². The Labute approximate surface area is 162 Å². The van der Waals surface area contributed by atoms with Crippen molar-refractivity contribution in [2.75, 3.05) is 29.7 Å². The second kappa shape index (κ2) is 9.27. The number of nitrogen functional groups attached to an aromatic ring is 1. The van der Waals surface area contributed by atoms with Crippen LogP contribution in [0.25, 0.3) is 0 Å². The van der Waals surface area contributed by atoms with Gasteiger partial charge in [0.2, 0.25) is 0 Å². The molecule has 3 rings (SSSR count). The highest BCUT2D eigenvalue weighted by Crippen LogP contribution is 2.43. The molecule has 0 bridgehead atoms. The van der Waals surface area contributed by atoms with Gasteiger partial charge in [0.1, 0.15) is 5.75 Å². The molecule has 1 amide bonds. The maximum Gasteiger partial charge on any atom is 0.255 e. The predicted octanol–water partition coefficient (Wildman–Crippen LogP) is 4.82. The number of nitrogens with one attached hydrogen (secondary N) is 1. The van der Waals surface area contributed by atoms with Crippen molar-refractivity contribution in [1.82, 2.24) is 0 Å². The van der Waals surface area contributed by atoms with E-state index < -0.39 is 0 Å². The van der Waals surface area contributed by atoms with Gasteiger partial charge in [0.15, 0.2) is 0 Å². The number of hydrogen-bond donors (Lipinski definition) is 2. The van der Waals surface area contributed by atoms with E-state index in [1.165, 1.54) is 23.5 Å². The number of thioether (sulfide) groups is 2. The van der Waals surface area contributed by atoms with E-state index in [9.17, 15) is 4.79 Å². The molecule has 0 unspecified atom stereocenters. The number of halogens is 1. The molecule has 1 aliphatic rings. The number of carbonyl (C=O) groups is 1. The number of rotatable bonds is 4. The zero-order valence-electron chi connectivity index (χ0n) is 13.9. The first-order valence-corrected chi connectivity index (χ1v) is 9.85. The highest BCUT2D eigenvalue weighted by atomic mass is 35.5. The lowest BCUT2D eigenvalue weighted by Gasteiger charge is -2.21. The summed E-state index contributed by atoms with van der Waals surface area (Å²) in [6, 6.07) is 13.0. The highest BCUT2D eigenvalue weighted by molar-refractivity contribution is 8.16. The molecule has 1 fully saturated rings. The number of ether oxygens (including phenoxy) is 1. The minimum atomic E-state index is -0.176. The minimum absolute atomic E-state index is 0. The molecule has 4 nitrogen and oxygen atoms in total. The van der Waals surface area contributed by atoms with E-state index in [0.29, 0.717) is 27.3 Å². The normalized spacial score (nSPS) is 14.4. The van der Waals surface area contributed by atoms with Crippen molar-refractivity contribution in [3.8, 4) is 5.75 Å². The quantitative estimate of drug-likeness (QED) is 0.725. The summed E-state index contributed by atoms with van der Waals surface area (Å²) >= 11 is 3.94. The van der Waals surface area contributed by atoms with Crippen LogP contribution in [0.1, 0.15) is 26.9 Å². The second-order valence-corrected chi connectivity index (χ2v) is 8.18. The number of methoxy groups -OCH3 is 1. The Hall–Kier alpha value is -1.50. The van der Waals surface area contributed by atoms with Crippen LogP contribution in [0.3, 0.4) is 0 Å². The first-order chi connectivity index (χ1) is 11.7. The van der Waals surface area contributed by atoms with E-state index in [1.807, 2.05) is 47.8 Å². The molecule has 0 saturated carbocycles. The fraction of sp³-hybridized carbons (Fsp3) is 0.278. The lowest BCUT2D eigenvalue weighted by molar-refractivity contribution is 0.102. The maximum absolute atomic E-state index is 12.4. The molecule has 3 N–H and O–H groups in total. The Morgan fingerprint density at radius 2 is 1.84 bits per heavy atom. The van der Waals surface area contributed by atoms with Gasteiger partial charge in [-0.1, -0.05) is 12.1 Å². The SMILES string of the molecule is COc1ccc(N)c(NC(=O)c2ccc(C3SCCCS3)cc2)c1.Cl. The monoisotopic (exact) mass is 396 g/mol. The van der Waals surface area contributed by atoms with Gasteiger partial charge in [-0.05, 0) is 47.8 Å². The standard InChI is InChI=1S/C18H20N2O2S2.ClH/c1-22-14-7-8-15(19)16(11-14)20-17(21)12-3-5-13(6-4-12)18-23-9-2-10-24-18;/h3-8,11,18H,2,9-10,19H2,1H3,(H,20,21);1H. The van der Waals surface area contributed by atoms with Crippen molar-refractivity contribution in [2.45, 2.75) is 11.0 Å². The van der Waals surface area contributed by atoms with Crippen LogP contribution in [-0.4, -0.2) is 24.5 Å². The van der Waals surface area contributed by atoms with E-state index in [4.69, 9.17) is 10.5 Å². The summed E-state index contributed by atoms with van der Waals surface area (Å²) in [6.07, 6.45) is 1.27. The number of anilines is 2. The fourth-order valence-electron chi connectivity index (χ4n) is 2.44. The Morgan fingerprint density at radius 1 is 1.16 bits per heavy atom. The minimum Gasteiger partial charge on any atom is -0.497 e. The number of benzene rings is 2. The summed E-state index contributed by atoms with van der Waals surface area (Å²) in [4.78, 5) is 12.4. The fourth-order valence-corrected chi connectivity index (χ4v) is 5.33. The zero-order chi connectivity index (χ0) is 16.9. The molecule has 0 atom stereocenters. The predicted molar refractivity (Wildman–Crippen MR) is 111 cm³/mol. The lowest BCUT2D eigenvalue weighted by atomic mass is 10.1. The van der Waals surface area contributed by atoms with Crippen molar-refractivity contribution in [3.63, 3.8) is 0 Å². The summed E-state index contributed by atoms with van der Waals surface area (Å²) in [5.74, 6) is 2.89. The number of hydrogen-bond acceptors (Lipinski definition) is 5. The Bertz CT molecular complexity index is 720. The summed E-state index contributed by atoms with van der Waals surface area (Å²) in [5.41, 5.74) is 8.87. The summed E-state index contributed by atoms with van der Waals surface area (Å²) in [6.45, 7) is 0. The van der Waals surface area contributed by atoms with Crippen molar-refractivity contribution < 1.29 is 9.53 Å². The van der Waals surface area contributed by atoms with Gasteiger partial charge in [-0.3, -0.25) is 4.79 Å². The number of amides is 1. The van der Waals surface area contributed by atoms with E-state index >= 15 is 0 Å². The smallest absolute Gasteiger partial charge is 0.255 e. The molecular weight excluding hydrogens is 376 g/mol. The summed E-state index contributed by atoms with van der Waals surface area (Å²) < 4.78 is 5.65. The van der Waals surface area contributed by atoms with E-state index in [-0.39, 0.29) is 18.3 Å². The highest BCUT2D eigenvalue weighted by Gasteiger charge is 2.17. The molecule has 0 aromatic heterocycles. The second-order valence-electron chi connectivity index (χ2n) is 5.46. The van der Waals surface area contributed by atoms with E-state index in [1.54, 1.807) is 25.3 Å². The van der Waals surface area contributed by atoms with Gasteiger partial charge < -0.3 is 15.8 Å². The van der Waals surface area contributed by atoms with E-state index in [2.05, 4.69) is 5.32 Å². The molecule has 2 aromatic carbocycles. The lowest BCUT2D eigenvalue weighted by Crippen LogP contribution is -2.13. The van der Waals surface area contributed by atoms with Gasteiger partial charge in [0.05, 0.1) is 23.1 Å². The molecular formula is C18H21ClN2O2S2. The summed E-state index contributed by atoms with van der Waals surface area (Å²) in [5, 5.41) is 2.85.